The second kappa shape index (κ2) is 4.89. The van der Waals surface area contributed by atoms with Crippen LogP contribution in [0.1, 0.15) is 25.8 Å². The molecule has 1 N–H and O–H groups in total. The van der Waals surface area contributed by atoms with E-state index in [4.69, 9.17) is 0 Å². The predicted molar refractivity (Wildman–Crippen MR) is 69.7 cm³/mol. The molecule has 0 spiro atoms. The molecule has 0 atom stereocenters. The molecule has 0 aliphatic carbocycles. The summed E-state index contributed by atoms with van der Waals surface area (Å²) < 4.78 is 0. The van der Waals surface area contributed by atoms with Crippen LogP contribution < -0.4 is 5.32 Å². The fraction of sp³-hybridized carbons (Fsp3) is 0.417. The highest BCUT2D eigenvalue weighted by Crippen LogP contribution is 2.21. The molecule has 5 heteroatoms. The van der Waals surface area contributed by atoms with E-state index in [9.17, 15) is 0 Å². The van der Waals surface area contributed by atoms with Gasteiger partial charge < -0.3 is 5.32 Å². The van der Waals surface area contributed by atoms with E-state index in [1.54, 1.807) is 17.5 Å². The van der Waals surface area contributed by atoms with Crippen LogP contribution in [0, 0.1) is 0 Å². The molecule has 0 saturated heterocycles. The van der Waals surface area contributed by atoms with Crippen LogP contribution in [0.15, 0.2) is 24.4 Å². The molecule has 17 heavy (non-hydrogen) atoms. The molecule has 0 saturated carbocycles. The van der Waals surface area contributed by atoms with Crippen molar-refractivity contribution in [2.75, 3.05) is 0 Å². The van der Waals surface area contributed by atoms with E-state index in [2.05, 4.69) is 41.3 Å². The van der Waals surface area contributed by atoms with Gasteiger partial charge in [-0.2, -0.15) is 0 Å². The maximum absolute atomic E-state index is 4.26. The van der Waals surface area contributed by atoms with Crippen LogP contribution in [0.25, 0.3) is 10.7 Å². The lowest BCUT2D eigenvalue weighted by Gasteiger charge is -2.19. The second-order valence-corrected chi connectivity index (χ2v) is 5.88. The Hall–Kier alpha value is -1.33. The Labute approximate surface area is 105 Å². The monoisotopic (exact) mass is 248 g/mol. The minimum Gasteiger partial charge on any atom is -0.306 e. The number of nitrogens with zero attached hydrogens (tertiary/aromatic N) is 3. The maximum Gasteiger partial charge on any atom is 0.166 e. The van der Waals surface area contributed by atoms with Crippen molar-refractivity contribution in [1.82, 2.24) is 20.5 Å². The summed E-state index contributed by atoms with van der Waals surface area (Å²) >= 11 is 1.58. The van der Waals surface area contributed by atoms with Crippen molar-refractivity contribution in [2.24, 2.45) is 0 Å². The fourth-order valence-electron chi connectivity index (χ4n) is 1.26. The van der Waals surface area contributed by atoms with Crippen LogP contribution in [0.3, 0.4) is 0 Å². The van der Waals surface area contributed by atoms with Gasteiger partial charge in [0.15, 0.2) is 5.01 Å². The molecule has 4 nitrogen and oxygen atoms in total. The van der Waals surface area contributed by atoms with E-state index >= 15 is 0 Å². The third kappa shape index (κ3) is 3.57. The highest BCUT2D eigenvalue weighted by atomic mass is 32.1. The molecule has 0 unspecified atom stereocenters. The zero-order valence-corrected chi connectivity index (χ0v) is 11.1. The molecule has 0 radical (unpaired) electrons. The van der Waals surface area contributed by atoms with Gasteiger partial charge in [-0.05, 0) is 32.9 Å². The average molecular weight is 248 g/mol. The molecule has 0 bridgehead atoms. The van der Waals surface area contributed by atoms with Gasteiger partial charge in [0.2, 0.25) is 0 Å². The summed E-state index contributed by atoms with van der Waals surface area (Å²) in [6.45, 7) is 7.14. The van der Waals surface area contributed by atoms with Crippen molar-refractivity contribution >= 4 is 11.3 Å². The van der Waals surface area contributed by atoms with Crippen molar-refractivity contribution in [3.8, 4) is 10.7 Å². The second-order valence-electron chi connectivity index (χ2n) is 4.82. The van der Waals surface area contributed by atoms with Gasteiger partial charge in [0.25, 0.3) is 0 Å². The number of rotatable bonds is 3. The van der Waals surface area contributed by atoms with E-state index in [0.717, 1.165) is 22.3 Å². The predicted octanol–water partition coefficient (Wildman–Crippen LogP) is 2.49. The molecule has 0 amide bonds. The summed E-state index contributed by atoms with van der Waals surface area (Å²) in [7, 11) is 0. The topological polar surface area (TPSA) is 50.7 Å². The van der Waals surface area contributed by atoms with Crippen LogP contribution in [0.5, 0.6) is 0 Å². The smallest absolute Gasteiger partial charge is 0.166 e. The number of aromatic nitrogens is 3. The third-order valence-corrected chi connectivity index (χ3v) is 3.07. The third-order valence-electron chi connectivity index (χ3n) is 2.12. The Bertz CT molecular complexity index is 473. The molecule has 2 heterocycles. The minimum absolute atomic E-state index is 0.0941. The normalized spacial score (nSPS) is 11.7. The molecular formula is C12H16N4S. The first kappa shape index (κ1) is 12.1. The quantitative estimate of drug-likeness (QED) is 0.906. The summed E-state index contributed by atoms with van der Waals surface area (Å²) in [5, 5.41) is 13.6. The van der Waals surface area contributed by atoms with Crippen molar-refractivity contribution < 1.29 is 0 Å². The Kier molecular flexibility index (Phi) is 3.49. The van der Waals surface area contributed by atoms with Crippen LogP contribution >= 0.6 is 11.3 Å². The van der Waals surface area contributed by atoms with E-state index in [1.165, 1.54) is 0 Å². The molecule has 0 aromatic carbocycles. The summed E-state index contributed by atoms with van der Waals surface area (Å²) in [4.78, 5) is 4.26. The molecule has 2 aromatic heterocycles. The van der Waals surface area contributed by atoms with Gasteiger partial charge in [-0.25, -0.2) is 0 Å². The number of hydrogen-bond acceptors (Lipinski definition) is 5. The Morgan fingerprint density at radius 1 is 1.24 bits per heavy atom. The van der Waals surface area contributed by atoms with Gasteiger partial charge in [-0.15, -0.1) is 10.2 Å². The van der Waals surface area contributed by atoms with Crippen LogP contribution in [-0.4, -0.2) is 20.7 Å². The van der Waals surface area contributed by atoms with Gasteiger partial charge in [0.05, 0.1) is 6.54 Å². The first-order valence-corrected chi connectivity index (χ1v) is 6.35. The maximum atomic E-state index is 4.26. The molecule has 0 fully saturated rings. The van der Waals surface area contributed by atoms with Gasteiger partial charge in [-0.1, -0.05) is 17.4 Å². The summed E-state index contributed by atoms with van der Waals surface area (Å²) in [5.41, 5.74) is 0.976. The van der Waals surface area contributed by atoms with Crippen molar-refractivity contribution in [3.63, 3.8) is 0 Å². The van der Waals surface area contributed by atoms with Crippen molar-refractivity contribution in [2.45, 2.75) is 32.9 Å². The Morgan fingerprint density at radius 2 is 2.06 bits per heavy atom. The average Bonchev–Trinajstić information content (AvgIpc) is 2.75. The van der Waals surface area contributed by atoms with Gasteiger partial charge >= 0.3 is 0 Å². The molecule has 2 rings (SSSR count). The highest BCUT2D eigenvalue weighted by Gasteiger charge is 2.11. The number of nitrogens with one attached hydrogen (secondary N) is 1. The zero-order chi connectivity index (χ0) is 12.3. The van der Waals surface area contributed by atoms with E-state index in [-0.39, 0.29) is 5.54 Å². The minimum atomic E-state index is 0.0941. The van der Waals surface area contributed by atoms with E-state index in [1.807, 2.05) is 18.2 Å². The summed E-state index contributed by atoms with van der Waals surface area (Å²) in [6, 6.07) is 5.80. The first-order valence-electron chi connectivity index (χ1n) is 5.53. The number of pyridine rings is 1. The van der Waals surface area contributed by atoms with Gasteiger partial charge in [0, 0.05) is 11.7 Å². The zero-order valence-electron chi connectivity index (χ0n) is 10.3. The lowest BCUT2D eigenvalue weighted by Crippen LogP contribution is -2.35. The Balaban J connectivity index is 2.07. The highest BCUT2D eigenvalue weighted by molar-refractivity contribution is 7.14. The van der Waals surface area contributed by atoms with Gasteiger partial charge in [0.1, 0.15) is 10.7 Å². The fourth-order valence-corrected chi connectivity index (χ4v) is 2.01. The van der Waals surface area contributed by atoms with Crippen molar-refractivity contribution in [3.05, 3.63) is 29.4 Å². The van der Waals surface area contributed by atoms with E-state index < -0.39 is 0 Å². The largest absolute Gasteiger partial charge is 0.306 e. The molecular weight excluding hydrogens is 232 g/mol. The molecule has 0 aliphatic heterocycles. The van der Waals surface area contributed by atoms with Crippen molar-refractivity contribution in [1.29, 1.82) is 0 Å². The van der Waals surface area contributed by atoms with Crippen LogP contribution in [0.4, 0.5) is 0 Å². The standard InChI is InChI=1S/C12H16N4S/c1-12(2,3)14-8-10-15-16-11(17-10)9-6-4-5-7-13-9/h4-7,14H,8H2,1-3H3. The lowest BCUT2D eigenvalue weighted by atomic mass is 10.1. The van der Waals surface area contributed by atoms with Gasteiger partial charge in [-0.3, -0.25) is 4.98 Å². The summed E-state index contributed by atoms with van der Waals surface area (Å²) in [5.74, 6) is 0. The Morgan fingerprint density at radius 3 is 2.71 bits per heavy atom. The van der Waals surface area contributed by atoms with Crippen LogP contribution in [-0.2, 0) is 6.54 Å². The number of hydrogen-bond donors (Lipinski definition) is 1. The van der Waals surface area contributed by atoms with Crippen LogP contribution in [0.2, 0.25) is 0 Å². The van der Waals surface area contributed by atoms with E-state index in [0.29, 0.717) is 0 Å². The SMILES string of the molecule is CC(C)(C)NCc1nnc(-c2ccccn2)s1. The first-order chi connectivity index (χ1) is 8.04. The summed E-state index contributed by atoms with van der Waals surface area (Å²) in [6.07, 6.45) is 1.77. The molecule has 2 aromatic rings. The lowest BCUT2D eigenvalue weighted by molar-refractivity contribution is 0.423. The molecule has 0 aliphatic rings. The molecule has 90 valence electrons.